The van der Waals surface area contributed by atoms with Crippen molar-refractivity contribution >= 4 is 24.1 Å². The fraction of sp³-hybridized carbons (Fsp3) is 0.500. The number of carbonyl (C=O) groups excluding carboxylic acids is 1. The van der Waals surface area contributed by atoms with Crippen LogP contribution in [-0.4, -0.2) is 22.9 Å². The van der Waals surface area contributed by atoms with E-state index in [1.54, 1.807) is 11.8 Å². The lowest BCUT2D eigenvalue weighted by Gasteiger charge is -2.38. The first-order valence-corrected chi connectivity index (χ1v) is 8.27. The van der Waals surface area contributed by atoms with Crippen LogP contribution in [0.1, 0.15) is 38.4 Å². The maximum Gasteiger partial charge on any atom is 0.405 e. The lowest BCUT2D eigenvalue weighted by molar-refractivity contribution is 0.0659. The maximum absolute atomic E-state index is 11.4. The van der Waals surface area contributed by atoms with Crippen LogP contribution in [0.5, 0.6) is 0 Å². The molecule has 0 bridgehead atoms. The molecule has 114 valence electrons. The zero-order valence-electron chi connectivity index (χ0n) is 12.5. The lowest BCUT2D eigenvalue weighted by Crippen LogP contribution is -2.39. The van der Waals surface area contributed by atoms with Gasteiger partial charge in [0.05, 0.1) is 0 Å². The third-order valence-electron chi connectivity index (χ3n) is 3.82. The van der Waals surface area contributed by atoms with Crippen LogP contribution in [0.2, 0.25) is 0 Å². The molecule has 3 unspecified atom stereocenters. The highest BCUT2D eigenvalue weighted by Gasteiger charge is 2.48. The third kappa shape index (κ3) is 3.40. The second kappa shape index (κ2) is 6.98. The van der Waals surface area contributed by atoms with Crippen molar-refractivity contribution in [2.75, 3.05) is 5.75 Å². The molecule has 0 radical (unpaired) electrons. The number of benzene rings is 1. The van der Waals surface area contributed by atoms with Gasteiger partial charge in [-0.2, -0.15) is 0 Å². The van der Waals surface area contributed by atoms with Crippen LogP contribution in [-0.2, 0) is 4.74 Å². The normalized spacial score (nSPS) is 23.7. The standard InChI is InChI=1S/C16H22N2O2S/c1-3-7-12(2)16(18-10-11-21-16)14(20-15(17)19)13-8-5-4-6-9-13/h4-6,8-10,12,14H,3,7,11H2,1-2H3,(H2,17,19). The van der Waals surface area contributed by atoms with E-state index in [4.69, 9.17) is 15.5 Å². The van der Waals surface area contributed by atoms with E-state index < -0.39 is 17.1 Å². The number of hydrogen-bond acceptors (Lipinski definition) is 4. The summed E-state index contributed by atoms with van der Waals surface area (Å²) in [4.78, 5) is 15.6. The summed E-state index contributed by atoms with van der Waals surface area (Å²) in [7, 11) is 0. The average Bonchev–Trinajstić information content (AvgIpc) is 2.96. The summed E-state index contributed by atoms with van der Waals surface area (Å²) >= 11 is 1.73. The fourth-order valence-corrected chi connectivity index (χ4v) is 4.14. The Balaban J connectivity index is 2.41. The summed E-state index contributed by atoms with van der Waals surface area (Å²) in [6.07, 6.45) is 2.79. The van der Waals surface area contributed by atoms with Crippen molar-refractivity contribution in [2.45, 2.75) is 37.7 Å². The quantitative estimate of drug-likeness (QED) is 0.870. The molecule has 0 aliphatic carbocycles. The number of thioether (sulfide) groups is 1. The van der Waals surface area contributed by atoms with Crippen molar-refractivity contribution in [3.8, 4) is 0 Å². The number of hydrogen-bond donors (Lipinski definition) is 1. The SMILES string of the molecule is CCCC(C)C1(C(OC(N)=O)c2ccccc2)N=CCS1. The van der Waals surface area contributed by atoms with Crippen molar-refractivity contribution < 1.29 is 9.53 Å². The molecule has 3 atom stereocenters. The Morgan fingerprint density at radius 1 is 1.48 bits per heavy atom. The minimum absolute atomic E-state index is 0.288. The number of amides is 1. The van der Waals surface area contributed by atoms with Crippen molar-refractivity contribution in [3.63, 3.8) is 0 Å². The smallest absolute Gasteiger partial charge is 0.405 e. The van der Waals surface area contributed by atoms with Crippen LogP contribution in [0, 0.1) is 5.92 Å². The number of primary amides is 1. The summed E-state index contributed by atoms with van der Waals surface area (Å²) in [5.74, 6) is 1.12. The molecule has 21 heavy (non-hydrogen) atoms. The third-order valence-corrected chi connectivity index (χ3v) is 5.32. The van der Waals surface area contributed by atoms with Gasteiger partial charge in [-0.1, -0.05) is 50.6 Å². The summed E-state index contributed by atoms with van der Waals surface area (Å²) < 4.78 is 5.50. The Hall–Kier alpha value is -1.49. The van der Waals surface area contributed by atoms with Gasteiger partial charge in [0.15, 0.2) is 6.10 Å². The zero-order valence-corrected chi connectivity index (χ0v) is 13.3. The molecule has 2 N–H and O–H groups in total. The van der Waals surface area contributed by atoms with Crippen molar-refractivity contribution in [1.29, 1.82) is 0 Å². The van der Waals surface area contributed by atoms with Crippen LogP contribution in [0.25, 0.3) is 0 Å². The Kier molecular flexibility index (Phi) is 5.28. The first-order chi connectivity index (χ1) is 10.1. The number of aliphatic imine (C=N–C) groups is 1. The van der Waals surface area contributed by atoms with E-state index >= 15 is 0 Å². The molecule has 0 aromatic heterocycles. The maximum atomic E-state index is 11.4. The monoisotopic (exact) mass is 306 g/mol. The number of nitrogens with two attached hydrogens (primary N) is 1. The van der Waals surface area contributed by atoms with Crippen molar-refractivity contribution in [2.24, 2.45) is 16.6 Å². The van der Waals surface area contributed by atoms with E-state index in [1.807, 2.05) is 36.5 Å². The molecule has 1 aliphatic rings. The number of ether oxygens (including phenoxy) is 1. The number of rotatable bonds is 6. The van der Waals surface area contributed by atoms with Crippen LogP contribution in [0.15, 0.2) is 35.3 Å². The molecule has 2 rings (SSSR count). The first kappa shape index (κ1) is 15.9. The minimum atomic E-state index is -0.755. The first-order valence-electron chi connectivity index (χ1n) is 7.28. The largest absolute Gasteiger partial charge is 0.438 e. The summed E-state index contributed by atoms with van der Waals surface area (Å²) in [6, 6.07) is 9.74. The van der Waals surface area contributed by atoms with E-state index in [0.717, 1.165) is 24.2 Å². The molecule has 1 aromatic rings. The Morgan fingerprint density at radius 3 is 2.71 bits per heavy atom. The van der Waals surface area contributed by atoms with Gasteiger partial charge in [0.2, 0.25) is 0 Å². The van der Waals surface area contributed by atoms with E-state index in [9.17, 15) is 4.79 Å². The molecule has 0 fully saturated rings. The average molecular weight is 306 g/mol. The minimum Gasteiger partial charge on any atom is -0.438 e. The highest BCUT2D eigenvalue weighted by molar-refractivity contribution is 8.01. The van der Waals surface area contributed by atoms with Gasteiger partial charge in [0.25, 0.3) is 0 Å². The van der Waals surface area contributed by atoms with Gasteiger partial charge < -0.3 is 10.5 Å². The predicted molar refractivity (Wildman–Crippen MR) is 87.6 cm³/mol. The molecule has 0 saturated carbocycles. The number of nitrogens with zero attached hydrogens (tertiary/aromatic N) is 1. The van der Waals surface area contributed by atoms with Gasteiger partial charge >= 0.3 is 6.09 Å². The molecule has 0 saturated heterocycles. The summed E-state index contributed by atoms with van der Waals surface area (Å²) in [5.41, 5.74) is 6.24. The molecule has 1 heterocycles. The molecule has 1 aliphatic heterocycles. The van der Waals surface area contributed by atoms with Gasteiger partial charge in [-0.15, -0.1) is 11.8 Å². The molecular weight excluding hydrogens is 284 g/mol. The Bertz CT molecular complexity index is 506. The van der Waals surface area contributed by atoms with Crippen LogP contribution in [0.4, 0.5) is 4.79 Å². The molecule has 1 aromatic carbocycles. The highest BCUT2D eigenvalue weighted by atomic mass is 32.2. The number of carbonyl (C=O) groups is 1. The van der Waals surface area contributed by atoms with Crippen LogP contribution < -0.4 is 5.73 Å². The summed E-state index contributed by atoms with van der Waals surface area (Å²) in [5, 5.41) is 0. The van der Waals surface area contributed by atoms with E-state index in [-0.39, 0.29) is 5.92 Å². The van der Waals surface area contributed by atoms with E-state index in [1.165, 1.54) is 0 Å². The highest BCUT2D eigenvalue weighted by Crippen LogP contribution is 2.50. The van der Waals surface area contributed by atoms with E-state index in [0.29, 0.717) is 0 Å². The lowest BCUT2D eigenvalue weighted by atomic mass is 9.88. The molecular formula is C16H22N2O2S. The Labute approximate surface area is 130 Å². The second-order valence-electron chi connectivity index (χ2n) is 5.29. The predicted octanol–water partition coefficient (Wildman–Crippen LogP) is 3.77. The zero-order chi connectivity index (χ0) is 15.3. The fourth-order valence-electron chi connectivity index (χ4n) is 2.83. The van der Waals surface area contributed by atoms with Gasteiger partial charge in [0.1, 0.15) is 4.87 Å². The summed E-state index contributed by atoms with van der Waals surface area (Å²) in [6.45, 7) is 4.32. The van der Waals surface area contributed by atoms with Gasteiger partial charge in [-0.05, 0) is 17.9 Å². The molecule has 4 nitrogen and oxygen atoms in total. The molecule has 1 amide bonds. The Morgan fingerprint density at radius 2 is 2.19 bits per heavy atom. The van der Waals surface area contributed by atoms with Gasteiger partial charge in [-0.25, -0.2) is 4.79 Å². The molecule has 5 heteroatoms. The van der Waals surface area contributed by atoms with Crippen molar-refractivity contribution in [1.82, 2.24) is 0 Å². The van der Waals surface area contributed by atoms with Crippen molar-refractivity contribution in [3.05, 3.63) is 35.9 Å². The molecule has 0 spiro atoms. The van der Waals surface area contributed by atoms with E-state index in [2.05, 4.69) is 13.8 Å². The topological polar surface area (TPSA) is 64.7 Å². The second-order valence-corrected chi connectivity index (χ2v) is 6.57. The van der Waals surface area contributed by atoms with Gasteiger partial charge in [0, 0.05) is 12.0 Å². The van der Waals surface area contributed by atoms with Crippen LogP contribution >= 0.6 is 11.8 Å². The van der Waals surface area contributed by atoms with Crippen LogP contribution in [0.3, 0.4) is 0 Å². The van der Waals surface area contributed by atoms with Gasteiger partial charge in [-0.3, -0.25) is 4.99 Å².